The van der Waals surface area contributed by atoms with E-state index in [2.05, 4.69) is 5.32 Å². The monoisotopic (exact) mass is 354 g/mol. The van der Waals surface area contributed by atoms with Gasteiger partial charge in [-0.05, 0) is 36.6 Å². The zero-order valence-corrected chi connectivity index (χ0v) is 13.9. The largest absolute Gasteiger partial charge is 0.355 e. The normalized spacial score (nSPS) is 25.9. The highest BCUT2D eigenvalue weighted by Gasteiger charge is 2.36. The minimum absolute atomic E-state index is 0.0516. The second-order valence-corrected chi connectivity index (χ2v) is 8.62. The number of sulfone groups is 1. The van der Waals surface area contributed by atoms with Crippen LogP contribution in [0.25, 0.3) is 0 Å². The number of anilines is 1. The van der Waals surface area contributed by atoms with E-state index < -0.39 is 15.8 Å². The first-order valence-electron chi connectivity index (χ1n) is 7.88. The van der Waals surface area contributed by atoms with E-state index in [9.17, 15) is 22.4 Å². The van der Waals surface area contributed by atoms with Gasteiger partial charge in [-0.1, -0.05) is 0 Å². The Bertz CT molecular complexity index is 748. The number of amides is 2. The number of nitrogens with zero attached hydrogens (tertiary/aromatic N) is 1. The maximum Gasteiger partial charge on any atom is 0.227 e. The second kappa shape index (κ2) is 6.51. The van der Waals surface area contributed by atoms with E-state index in [4.69, 9.17) is 0 Å². The molecule has 0 spiro atoms. The van der Waals surface area contributed by atoms with Crippen molar-refractivity contribution < 1.29 is 22.4 Å². The molecule has 1 aromatic carbocycles. The Morgan fingerprint density at radius 3 is 2.62 bits per heavy atom. The van der Waals surface area contributed by atoms with Crippen molar-refractivity contribution in [2.75, 3.05) is 29.5 Å². The lowest BCUT2D eigenvalue weighted by Crippen LogP contribution is -2.36. The summed E-state index contributed by atoms with van der Waals surface area (Å²) < 4.78 is 35.8. The Balaban J connectivity index is 1.55. The molecule has 8 heteroatoms. The number of halogens is 1. The number of rotatable bonds is 4. The zero-order chi connectivity index (χ0) is 17.3. The molecule has 0 bridgehead atoms. The molecule has 0 unspecified atom stereocenters. The molecule has 2 amide bonds. The number of carbonyl (C=O) groups excluding carboxylic acids is 2. The maximum absolute atomic E-state index is 13.0. The van der Waals surface area contributed by atoms with Gasteiger partial charge in [0.05, 0.1) is 17.4 Å². The van der Waals surface area contributed by atoms with Crippen molar-refractivity contribution in [3.8, 4) is 0 Å². The third kappa shape index (κ3) is 3.75. The molecule has 0 aromatic heterocycles. The van der Waals surface area contributed by atoms with Crippen LogP contribution in [0.2, 0.25) is 0 Å². The first kappa shape index (κ1) is 16.9. The molecule has 2 heterocycles. The second-order valence-electron chi connectivity index (χ2n) is 6.40. The molecular formula is C16H19FN2O4S. The molecule has 24 heavy (non-hydrogen) atoms. The summed E-state index contributed by atoms with van der Waals surface area (Å²) >= 11 is 0. The summed E-state index contributed by atoms with van der Waals surface area (Å²) in [7, 11) is -2.96. The number of benzene rings is 1. The van der Waals surface area contributed by atoms with Crippen LogP contribution in [0.15, 0.2) is 24.3 Å². The van der Waals surface area contributed by atoms with E-state index in [-0.39, 0.29) is 48.0 Å². The summed E-state index contributed by atoms with van der Waals surface area (Å²) in [4.78, 5) is 25.8. The molecule has 2 aliphatic heterocycles. The van der Waals surface area contributed by atoms with Gasteiger partial charge in [-0.3, -0.25) is 9.59 Å². The predicted octanol–water partition coefficient (Wildman–Crippen LogP) is 0.730. The number of hydrogen-bond acceptors (Lipinski definition) is 4. The smallest absolute Gasteiger partial charge is 0.227 e. The predicted molar refractivity (Wildman–Crippen MR) is 86.6 cm³/mol. The highest BCUT2D eigenvalue weighted by atomic mass is 32.2. The SMILES string of the molecule is O=C(NC[C@H]1CCS(=O)(=O)C1)[C@@H]1CC(=O)N(c2ccc(F)cc2)C1. The van der Waals surface area contributed by atoms with Gasteiger partial charge in [-0.25, -0.2) is 12.8 Å². The van der Waals surface area contributed by atoms with Crippen LogP contribution in [0.4, 0.5) is 10.1 Å². The van der Waals surface area contributed by atoms with Crippen molar-refractivity contribution >= 4 is 27.3 Å². The lowest BCUT2D eigenvalue weighted by atomic mass is 10.1. The molecular weight excluding hydrogens is 335 g/mol. The standard InChI is InChI=1S/C16H19FN2O4S/c17-13-1-3-14(4-2-13)19-9-12(7-15(19)20)16(21)18-8-11-5-6-24(22,23)10-11/h1-4,11-12H,5-10H2,(H,18,21)/t11-,12-/m1/s1. The van der Waals surface area contributed by atoms with Crippen molar-refractivity contribution in [1.82, 2.24) is 5.32 Å². The highest BCUT2D eigenvalue weighted by Crippen LogP contribution is 2.25. The first-order valence-corrected chi connectivity index (χ1v) is 9.70. The third-order valence-electron chi connectivity index (χ3n) is 4.53. The quantitative estimate of drug-likeness (QED) is 0.864. The van der Waals surface area contributed by atoms with Gasteiger partial charge >= 0.3 is 0 Å². The lowest BCUT2D eigenvalue weighted by molar-refractivity contribution is -0.126. The molecule has 2 atom stereocenters. The van der Waals surface area contributed by atoms with Crippen LogP contribution in [-0.2, 0) is 19.4 Å². The maximum atomic E-state index is 13.0. The van der Waals surface area contributed by atoms with Crippen LogP contribution in [0.1, 0.15) is 12.8 Å². The topological polar surface area (TPSA) is 83.5 Å². The van der Waals surface area contributed by atoms with E-state index in [1.54, 1.807) is 0 Å². The van der Waals surface area contributed by atoms with E-state index in [1.165, 1.54) is 29.2 Å². The highest BCUT2D eigenvalue weighted by molar-refractivity contribution is 7.91. The molecule has 0 radical (unpaired) electrons. The van der Waals surface area contributed by atoms with Crippen molar-refractivity contribution in [2.24, 2.45) is 11.8 Å². The van der Waals surface area contributed by atoms with Crippen molar-refractivity contribution in [3.05, 3.63) is 30.1 Å². The van der Waals surface area contributed by atoms with Crippen LogP contribution in [0.5, 0.6) is 0 Å². The van der Waals surface area contributed by atoms with Crippen molar-refractivity contribution in [2.45, 2.75) is 12.8 Å². The molecule has 2 saturated heterocycles. The van der Waals surface area contributed by atoms with Crippen molar-refractivity contribution in [3.63, 3.8) is 0 Å². The molecule has 1 aromatic rings. The van der Waals surface area contributed by atoms with Gasteiger partial charge < -0.3 is 10.2 Å². The first-order chi connectivity index (χ1) is 11.3. The average molecular weight is 354 g/mol. The van der Waals surface area contributed by atoms with E-state index >= 15 is 0 Å². The number of nitrogens with one attached hydrogen (secondary N) is 1. The number of hydrogen-bond donors (Lipinski definition) is 1. The van der Waals surface area contributed by atoms with Gasteiger partial charge in [0, 0.05) is 25.2 Å². The van der Waals surface area contributed by atoms with Gasteiger partial charge in [0.2, 0.25) is 11.8 Å². The Morgan fingerprint density at radius 1 is 1.29 bits per heavy atom. The third-order valence-corrected chi connectivity index (χ3v) is 6.36. The molecule has 0 saturated carbocycles. The van der Waals surface area contributed by atoms with E-state index in [0.29, 0.717) is 18.7 Å². The van der Waals surface area contributed by atoms with Crippen LogP contribution in [0.3, 0.4) is 0 Å². The molecule has 2 aliphatic rings. The summed E-state index contributed by atoms with van der Waals surface area (Å²) in [6.45, 7) is 0.568. The molecule has 2 fully saturated rings. The summed E-state index contributed by atoms with van der Waals surface area (Å²) in [6.07, 6.45) is 0.667. The van der Waals surface area contributed by atoms with Crippen LogP contribution in [0, 0.1) is 17.7 Å². The van der Waals surface area contributed by atoms with Gasteiger partial charge in [0.25, 0.3) is 0 Å². The van der Waals surface area contributed by atoms with E-state index in [0.717, 1.165) is 0 Å². The fraction of sp³-hybridized carbons (Fsp3) is 0.500. The van der Waals surface area contributed by atoms with Gasteiger partial charge in [0.15, 0.2) is 9.84 Å². The fourth-order valence-corrected chi connectivity index (χ4v) is 5.04. The van der Waals surface area contributed by atoms with Crippen LogP contribution < -0.4 is 10.2 Å². The van der Waals surface area contributed by atoms with Gasteiger partial charge in [-0.15, -0.1) is 0 Å². The molecule has 130 valence electrons. The molecule has 3 rings (SSSR count). The molecule has 6 nitrogen and oxygen atoms in total. The molecule has 1 N–H and O–H groups in total. The zero-order valence-electron chi connectivity index (χ0n) is 13.1. The summed E-state index contributed by atoms with van der Waals surface area (Å²) in [5.41, 5.74) is 0.568. The van der Waals surface area contributed by atoms with Crippen molar-refractivity contribution in [1.29, 1.82) is 0 Å². The Kier molecular flexibility index (Phi) is 4.58. The fourth-order valence-electron chi connectivity index (χ4n) is 3.18. The minimum atomic E-state index is -2.96. The van der Waals surface area contributed by atoms with Gasteiger partial charge in [-0.2, -0.15) is 0 Å². The lowest BCUT2D eigenvalue weighted by Gasteiger charge is -2.17. The van der Waals surface area contributed by atoms with Gasteiger partial charge in [0.1, 0.15) is 5.82 Å². The van der Waals surface area contributed by atoms with Crippen LogP contribution in [-0.4, -0.2) is 44.8 Å². The number of carbonyl (C=O) groups is 2. The minimum Gasteiger partial charge on any atom is -0.355 e. The summed E-state index contributed by atoms with van der Waals surface area (Å²) in [5.74, 6) is -1.04. The Hall–Kier alpha value is -1.96. The summed E-state index contributed by atoms with van der Waals surface area (Å²) in [6, 6.07) is 5.57. The van der Waals surface area contributed by atoms with Crippen LogP contribution >= 0.6 is 0 Å². The van der Waals surface area contributed by atoms with E-state index in [1.807, 2.05) is 0 Å². The average Bonchev–Trinajstić information content (AvgIpc) is 3.08. The Labute approximate surface area is 139 Å². The summed E-state index contributed by atoms with van der Waals surface area (Å²) in [5, 5.41) is 2.76. The Morgan fingerprint density at radius 2 is 2.00 bits per heavy atom. The molecule has 0 aliphatic carbocycles.